The number of nitrogens with one attached hydrogen (secondary N) is 1. The fraction of sp³-hybridized carbons (Fsp3) is 0.933. The molecule has 0 radical (unpaired) electrons. The number of morpholine rings is 1. The Bertz CT molecular complexity index is 301. The van der Waals surface area contributed by atoms with E-state index in [4.69, 9.17) is 9.47 Å². The van der Waals surface area contributed by atoms with Gasteiger partial charge in [0.1, 0.15) is 5.54 Å². The predicted octanol–water partition coefficient (Wildman–Crippen LogP) is 1.42. The van der Waals surface area contributed by atoms with Crippen LogP contribution < -0.4 is 5.32 Å². The van der Waals surface area contributed by atoms with Crippen LogP contribution in [0.15, 0.2) is 0 Å². The maximum Gasteiger partial charge on any atom is 0.325 e. The summed E-state index contributed by atoms with van der Waals surface area (Å²) in [4.78, 5) is 14.2. The third kappa shape index (κ3) is 5.04. The van der Waals surface area contributed by atoms with Crippen LogP contribution in [0.25, 0.3) is 0 Å². The summed E-state index contributed by atoms with van der Waals surface area (Å²) in [5.41, 5.74) is -0.569. The molecule has 0 saturated carbocycles. The van der Waals surface area contributed by atoms with Crippen molar-refractivity contribution >= 4 is 5.97 Å². The van der Waals surface area contributed by atoms with Gasteiger partial charge in [-0.3, -0.25) is 9.69 Å². The molecule has 0 aromatic heterocycles. The number of ether oxygens (including phenoxy) is 2. The van der Waals surface area contributed by atoms with Crippen LogP contribution >= 0.6 is 0 Å². The number of nitrogens with zero attached hydrogens (tertiary/aromatic N) is 1. The molecule has 3 atom stereocenters. The topological polar surface area (TPSA) is 50.8 Å². The van der Waals surface area contributed by atoms with E-state index in [2.05, 4.69) is 24.1 Å². The summed E-state index contributed by atoms with van der Waals surface area (Å²) >= 11 is 0. The molecule has 1 fully saturated rings. The minimum absolute atomic E-state index is 0.186. The summed E-state index contributed by atoms with van der Waals surface area (Å²) in [6.45, 7) is 9.22. The number of hydrogen-bond donors (Lipinski definition) is 1. The Hall–Kier alpha value is -0.650. The molecule has 0 aromatic carbocycles. The van der Waals surface area contributed by atoms with E-state index in [1.165, 1.54) is 7.11 Å². The third-order valence-corrected chi connectivity index (χ3v) is 4.08. The van der Waals surface area contributed by atoms with Gasteiger partial charge in [-0.1, -0.05) is 0 Å². The number of unbranched alkanes of at least 4 members (excludes halogenated alkanes) is 1. The maximum atomic E-state index is 11.7. The van der Waals surface area contributed by atoms with Crippen molar-refractivity contribution in [3.8, 4) is 0 Å². The Morgan fingerprint density at radius 3 is 2.45 bits per heavy atom. The first-order valence-electron chi connectivity index (χ1n) is 7.56. The van der Waals surface area contributed by atoms with Crippen LogP contribution in [0.4, 0.5) is 0 Å². The molecule has 1 rings (SSSR count). The van der Waals surface area contributed by atoms with Crippen LogP contribution in [0, 0.1) is 0 Å². The van der Waals surface area contributed by atoms with Crippen LogP contribution in [0.1, 0.15) is 40.0 Å². The number of carbonyl (C=O) groups excluding carboxylic acids is 1. The molecule has 5 nitrogen and oxygen atoms in total. The van der Waals surface area contributed by atoms with Gasteiger partial charge in [0.2, 0.25) is 0 Å². The summed E-state index contributed by atoms with van der Waals surface area (Å²) in [5.74, 6) is -0.186. The van der Waals surface area contributed by atoms with Gasteiger partial charge in [-0.05, 0) is 53.6 Å². The molecule has 0 aromatic rings. The van der Waals surface area contributed by atoms with Gasteiger partial charge in [-0.15, -0.1) is 0 Å². The highest BCUT2D eigenvalue weighted by Gasteiger charge is 2.31. The molecular weight excluding hydrogens is 256 g/mol. The normalized spacial score (nSPS) is 27.1. The van der Waals surface area contributed by atoms with Gasteiger partial charge in [-0.2, -0.15) is 0 Å². The lowest BCUT2D eigenvalue weighted by Crippen LogP contribution is -2.48. The van der Waals surface area contributed by atoms with Crippen molar-refractivity contribution in [1.29, 1.82) is 0 Å². The summed E-state index contributed by atoms with van der Waals surface area (Å²) in [6.07, 6.45) is 3.53. The Balaban J connectivity index is 2.28. The Morgan fingerprint density at radius 1 is 1.35 bits per heavy atom. The monoisotopic (exact) mass is 286 g/mol. The van der Waals surface area contributed by atoms with Gasteiger partial charge < -0.3 is 14.8 Å². The number of rotatable bonds is 7. The smallest absolute Gasteiger partial charge is 0.325 e. The van der Waals surface area contributed by atoms with E-state index in [1.54, 1.807) is 0 Å². The fourth-order valence-electron chi connectivity index (χ4n) is 2.84. The highest BCUT2D eigenvalue weighted by molar-refractivity contribution is 5.80. The lowest BCUT2D eigenvalue weighted by atomic mass is 9.95. The molecule has 118 valence electrons. The van der Waals surface area contributed by atoms with E-state index in [0.717, 1.165) is 38.9 Å². The average molecular weight is 286 g/mol. The first-order valence-corrected chi connectivity index (χ1v) is 7.56. The molecule has 0 bridgehead atoms. The van der Waals surface area contributed by atoms with Gasteiger partial charge in [-0.25, -0.2) is 0 Å². The van der Waals surface area contributed by atoms with Crippen molar-refractivity contribution in [2.75, 3.05) is 33.8 Å². The minimum atomic E-state index is -0.569. The summed E-state index contributed by atoms with van der Waals surface area (Å²) in [7, 11) is 3.25. The fourth-order valence-corrected chi connectivity index (χ4v) is 2.84. The zero-order valence-electron chi connectivity index (χ0n) is 13.6. The Kier molecular flexibility index (Phi) is 6.92. The zero-order valence-corrected chi connectivity index (χ0v) is 13.6. The van der Waals surface area contributed by atoms with Crippen molar-refractivity contribution in [2.24, 2.45) is 0 Å². The molecule has 1 heterocycles. The van der Waals surface area contributed by atoms with E-state index in [-0.39, 0.29) is 5.97 Å². The molecule has 1 N–H and O–H groups in total. The van der Waals surface area contributed by atoms with Crippen LogP contribution in [-0.4, -0.2) is 62.4 Å². The second-order valence-electron chi connectivity index (χ2n) is 6.05. The number of likely N-dealkylation sites (N-methyl/N-ethyl adjacent to an activating group) is 1. The van der Waals surface area contributed by atoms with E-state index in [1.807, 2.05) is 14.0 Å². The van der Waals surface area contributed by atoms with E-state index in [0.29, 0.717) is 12.2 Å². The van der Waals surface area contributed by atoms with Gasteiger partial charge in [0.05, 0.1) is 19.3 Å². The van der Waals surface area contributed by atoms with Gasteiger partial charge in [0.15, 0.2) is 0 Å². The van der Waals surface area contributed by atoms with Crippen LogP contribution in [0.2, 0.25) is 0 Å². The second kappa shape index (κ2) is 7.96. The van der Waals surface area contributed by atoms with Crippen molar-refractivity contribution in [1.82, 2.24) is 10.2 Å². The van der Waals surface area contributed by atoms with Crippen LogP contribution in [0.5, 0.6) is 0 Å². The standard InChI is InChI=1S/C15H30N2O3/c1-12-10-17(11-13(2)20-12)9-7-6-8-15(3,16-4)14(18)19-5/h12-13,16H,6-11H2,1-5H3/t12-,13+,15?. The van der Waals surface area contributed by atoms with Gasteiger partial charge >= 0.3 is 5.97 Å². The SMILES string of the molecule is CNC(C)(CCCCN1C[C@@H](C)O[C@@H](C)C1)C(=O)OC. The van der Waals surface area contributed by atoms with Gasteiger partial charge in [0, 0.05) is 13.1 Å². The summed E-state index contributed by atoms with van der Waals surface area (Å²) in [5, 5.41) is 3.07. The summed E-state index contributed by atoms with van der Waals surface area (Å²) < 4.78 is 10.6. The number of hydrogen-bond acceptors (Lipinski definition) is 5. The van der Waals surface area contributed by atoms with Crippen molar-refractivity contribution in [2.45, 2.75) is 57.8 Å². The maximum absolute atomic E-state index is 11.7. The molecule has 1 aliphatic heterocycles. The molecule has 0 aliphatic carbocycles. The highest BCUT2D eigenvalue weighted by Crippen LogP contribution is 2.17. The molecule has 5 heteroatoms. The lowest BCUT2D eigenvalue weighted by molar-refractivity contribution is -0.148. The first kappa shape index (κ1) is 17.4. The Morgan fingerprint density at radius 2 is 1.95 bits per heavy atom. The Labute approximate surface area is 123 Å². The minimum Gasteiger partial charge on any atom is -0.468 e. The highest BCUT2D eigenvalue weighted by atomic mass is 16.5. The third-order valence-electron chi connectivity index (χ3n) is 4.08. The van der Waals surface area contributed by atoms with Crippen molar-refractivity contribution in [3.05, 3.63) is 0 Å². The molecule has 0 amide bonds. The second-order valence-corrected chi connectivity index (χ2v) is 6.05. The predicted molar refractivity (Wildman–Crippen MR) is 79.8 cm³/mol. The van der Waals surface area contributed by atoms with Crippen molar-refractivity contribution < 1.29 is 14.3 Å². The lowest BCUT2D eigenvalue weighted by Gasteiger charge is -2.35. The number of esters is 1. The quantitative estimate of drug-likeness (QED) is 0.566. The molecule has 1 aliphatic rings. The number of carbonyl (C=O) groups is 1. The molecule has 20 heavy (non-hydrogen) atoms. The number of methoxy groups -OCH3 is 1. The van der Waals surface area contributed by atoms with Gasteiger partial charge in [0.25, 0.3) is 0 Å². The summed E-state index contributed by atoms with van der Waals surface area (Å²) in [6, 6.07) is 0. The average Bonchev–Trinajstić information content (AvgIpc) is 2.41. The first-order chi connectivity index (χ1) is 9.41. The van der Waals surface area contributed by atoms with E-state index < -0.39 is 5.54 Å². The van der Waals surface area contributed by atoms with E-state index in [9.17, 15) is 4.79 Å². The molecule has 1 saturated heterocycles. The zero-order chi connectivity index (χ0) is 15.2. The van der Waals surface area contributed by atoms with Crippen molar-refractivity contribution in [3.63, 3.8) is 0 Å². The molecule has 0 spiro atoms. The van der Waals surface area contributed by atoms with Crippen LogP contribution in [0.3, 0.4) is 0 Å². The van der Waals surface area contributed by atoms with Crippen LogP contribution in [-0.2, 0) is 14.3 Å². The molecule has 1 unspecified atom stereocenters. The largest absolute Gasteiger partial charge is 0.468 e. The molecular formula is C15H30N2O3. The van der Waals surface area contributed by atoms with E-state index >= 15 is 0 Å².